The van der Waals surface area contributed by atoms with Gasteiger partial charge < -0.3 is 15.6 Å². The highest BCUT2D eigenvalue weighted by Crippen LogP contribution is 2.40. The van der Waals surface area contributed by atoms with Gasteiger partial charge in [0.15, 0.2) is 5.69 Å². The average molecular weight is 448 g/mol. The molecule has 10 heteroatoms. The third kappa shape index (κ3) is 4.97. The van der Waals surface area contributed by atoms with Gasteiger partial charge in [-0.3, -0.25) is 9.78 Å². The highest BCUT2D eigenvalue weighted by Gasteiger charge is 2.36. The van der Waals surface area contributed by atoms with Crippen LogP contribution >= 0.6 is 0 Å². The summed E-state index contributed by atoms with van der Waals surface area (Å²) >= 11 is 0. The van der Waals surface area contributed by atoms with Crippen molar-refractivity contribution in [2.75, 3.05) is 13.1 Å². The van der Waals surface area contributed by atoms with E-state index in [-0.39, 0.29) is 28.6 Å². The molecule has 3 heterocycles. The van der Waals surface area contributed by atoms with E-state index in [1.54, 1.807) is 18.2 Å². The summed E-state index contributed by atoms with van der Waals surface area (Å²) in [4.78, 5) is 17.0. The first-order valence-corrected chi connectivity index (χ1v) is 12.3. The van der Waals surface area contributed by atoms with E-state index in [0.717, 1.165) is 37.1 Å². The molecule has 168 valence electrons. The van der Waals surface area contributed by atoms with Crippen LogP contribution in [0.5, 0.6) is 0 Å². The number of hydrogen-bond donors (Lipinski definition) is 2. The van der Waals surface area contributed by atoms with E-state index < -0.39 is 10.0 Å². The maximum Gasteiger partial charge on any atom is 0.273 e. The van der Waals surface area contributed by atoms with Crippen molar-refractivity contribution in [3.8, 4) is 0 Å². The summed E-state index contributed by atoms with van der Waals surface area (Å²) in [7, 11) is -3.65. The van der Waals surface area contributed by atoms with Gasteiger partial charge in [0.25, 0.3) is 5.91 Å². The minimum absolute atomic E-state index is 0.119. The van der Waals surface area contributed by atoms with Crippen molar-refractivity contribution >= 4 is 15.9 Å². The predicted molar refractivity (Wildman–Crippen MR) is 114 cm³/mol. The summed E-state index contributed by atoms with van der Waals surface area (Å²) in [6.45, 7) is 2.76. The number of rotatable bonds is 8. The zero-order valence-electron chi connectivity index (χ0n) is 17.7. The van der Waals surface area contributed by atoms with Gasteiger partial charge in [-0.1, -0.05) is 5.16 Å². The standard InChI is InChI=1S/C21H29N5O4S/c1-14-11-17(24-21(27)19-12-20(30-25-19)15-4-5-15)8-10-26(14)31(28,29)18-7-6-16(23-13-18)3-2-9-22/h6-7,12-15,17H,2-5,8-11,22H2,1H3,(H,24,27)/t14-,17-/m1/s1. The smallest absolute Gasteiger partial charge is 0.273 e. The van der Waals surface area contributed by atoms with Crippen molar-refractivity contribution in [2.45, 2.75) is 68.3 Å². The molecule has 9 nitrogen and oxygen atoms in total. The molecule has 0 bridgehead atoms. The number of aromatic nitrogens is 2. The van der Waals surface area contributed by atoms with Crippen LogP contribution in [0.3, 0.4) is 0 Å². The van der Waals surface area contributed by atoms with Gasteiger partial charge in [-0.15, -0.1) is 0 Å². The molecule has 1 saturated heterocycles. The molecule has 2 atom stereocenters. The van der Waals surface area contributed by atoms with Gasteiger partial charge in [0.1, 0.15) is 10.7 Å². The summed E-state index contributed by atoms with van der Waals surface area (Å²) < 4.78 is 32.9. The van der Waals surface area contributed by atoms with Crippen molar-refractivity contribution in [1.29, 1.82) is 0 Å². The van der Waals surface area contributed by atoms with Crippen LogP contribution in [0, 0.1) is 0 Å². The van der Waals surface area contributed by atoms with Gasteiger partial charge in [0.05, 0.1) is 0 Å². The summed E-state index contributed by atoms with van der Waals surface area (Å²) in [5, 5.41) is 6.85. The molecule has 1 aliphatic heterocycles. The Bertz CT molecular complexity index is 1020. The first-order valence-electron chi connectivity index (χ1n) is 10.8. The molecular weight excluding hydrogens is 418 g/mol. The lowest BCUT2D eigenvalue weighted by Gasteiger charge is -2.36. The van der Waals surface area contributed by atoms with Crippen LogP contribution in [0.4, 0.5) is 0 Å². The number of amides is 1. The maximum atomic E-state index is 13.1. The van der Waals surface area contributed by atoms with Crippen molar-refractivity contribution in [2.24, 2.45) is 5.73 Å². The van der Waals surface area contributed by atoms with E-state index in [0.29, 0.717) is 31.8 Å². The van der Waals surface area contributed by atoms with Gasteiger partial charge >= 0.3 is 0 Å². The minimum Gasteiger partial charge on any atom is -0.360 e. The number of nitrogens with two attached hydrogens (primary N) is 1. The molecule has 3 N–H and O–H groups in total. The molecule has 4 rings (SSSR count). The molecule has 0 aromatic carbocycles. The number of nitrogens with zero attached hydrogens (tertiary/aromatic N) is 3. The molecular formula is C21H29N5O4S. The minimum atomic E-state index is -3.65. The van der Waals surface area contributed by atoms with E-state index >= 15 is 0 Å². The van der Waals surface area contributed by atoms with Crippen LogP contribution in [-0.2, 0) is 16.4 Å². The molecule has 2 fully saturated rings. The van der Waals surface area contributed by atoms with E-state index in [1.165, 1.54) is 10.5 Å². The fourth-order valence-electron chi connectivity index (χ4n) is 3.98. The Morgan fingerprint density at radius 2 is 2.13 bits per heavy atom. The van der Waals surface area contributed by atoms with Crippen molar-refractivity contribution in [1.82, 2.24) is 19.8 Å². The van der Waals surface area contributed by atoms with Gasteiger partial charge in [-0.2, -0.15) is 4.31 Å². The lowest BCUT2D eigenvalue weighted by atomic mass is 10.0. The second kappa shape index (κ2) is 9.05. The molecule has 2 aromatic rings. The van der Waals surface area contributed by atoms with Crippen LogP contribution in [0.15, 0.2) is 33.8 Å². The van der Waals surface area contributed by atoms with Crippen LogP contribution < -0.4 is 11.1 Å². The first-order chi connectivity index (χ1) is 14.9. The Morgan fingerprint density at radius 3 is 2.77 bits per heavy atom. The maximum absolute atomic E-state index is 13.1. The molecule has 31 heavy (non-hydrogen) atoms. The number of pyridine rings is 1. The predicted octanol–water partition coefficient (Wildman–Crippen LogP) is 1.81. The second-order valence-electron chi connectivity index (χ2n) is 8.43. The monoisotopic (exact) mass is 447 g/mol. The Hall–Kier alpha value is -2.30. The van der Waals surface area contributed by atoms with Crippen LogP contribution in [0.1, 0.15) is 66.9 Å². The van der Waals surface area contributed by atoms with Gasteiger partial charge in [-0.25, -0.2) is 8.42 Å². The number of piperidine rings is 1. The SMILES string of the molecule is C[C@@H]1C[C@H](NC(=O)c2cc(C3CC3)on2)CCN1S(=O)(=O)c1ccc(CCCN)nc1. The molecule has 1 aliphatic carbocycles. The molecule has 0 radical (unpaired) electrons. The number of hydrogen-bond acceptors (Lipinski definition) is 7. The Labute approximate surface area is 182 Å². The number of sulfonamides is 1. The zero-order valence-corrected chi connectivity index (χ0v) is 18.5. The zero-order chi connectivity index (χ0) is 22.0. The Morgan fingerprint density at radius 1 is 1.32 bits per heavy atom. The number of aryl methyl sites for hydroxylation is 1. The number of carbonyl (C=O) groups is 1. The molecule has 0 unspecified atom stereocenters. The fourth-order valence-corrected chi connectivity index (χ4v) is 5.59. The van der Waals surface area contributed by atoms with Crippen LogP contribution in [0.25, 0.3) is 0 Å². The molecule has 0 spiro atoms. The largest absolute Gasteiger partial charge is 0.360 e. The summed E-state index contributed by atoms with van der Waals surface area (Å²) in [6, 6.07) is 4.69. The van der Waals surface area contributed by atoms with Gasteiger partial charge in [-0.05, 0) is 64.1 Å². The van der Waals surface area contributed by atoms with E-state index in [2.05, 4.69) is 15.5 Å². The Balaban J connectivity index is 1.35. The molecule has 1 amide bonds. The van der Waals surface area contributed by atoms with Crippen LogP contribution in [-0.4, -0.2) is 53.9 Å². The highest BCUT2D eigenvalue weighted by atomic mass is 32.2. The average Bonchev–Trinajstić information content (AvgIpc) is 3.48. The third-order valence-corrected chi connectivity index (χ3v) is 7.93. The van der Waals surface area contributed by atoms with E-state index in [4.69, 9.17) is 10.3 Å². The number of carbonyl (C=O) groups excluding carboxylic acids is 1. The fraction of sp³-hybridized carbons (Fsp3) is 0.571. The lowest BCUT2D eigenvalue weighted by Crippen LogP contribution is -2.50. The van der Waals surface area contributed by atoms with Gasteiger partial charge in [0, 0.05) is 42.5 Å². The van der Waals surface area contributed by atoms with Crippen molar-refractivity contribution in [3.63, 3.8) is 0 Å². The van der Waals surface area contributed by atoms with E-state index in [9.17, 15) is 13.2 Å². The highest BCUT2D eigenvalue weighted by molar-refractivity contribution is 7.89. The second-order valence-corrected chi connectivity index (χ2v) is 10.3. The molecule has 2 aromatic heterocycles. The van der Waals surface area contributed by atoms with Gasteiger partial charge in [0.2, 0.25) is 10.0 Å². The summed E-state index contributed by atoms with van der Waals surface area (Å²) in [5.74, 6) is 0.884. The van der Waals surface area contributed by atoms with E-state index in [1.807, 2.05) is 6.92 Å². The summed E-state index contributed by atoms with van der Waals surface area (Å²) in [6.07, 6.45) is 6.17. The quantitative estimate of drug-likeness (QED) is 0.631. The normalized spacial score (nSPS) is 22.4. The molecule has 2 aliphatic rings. The van der Waals surface area contributed by atoms with Crippen molar-refractivity contribution < 1.29 is 17.7 Å². The lowest BCUT2D eigenvalue weighted by molar-refractivity contribution is 0.0905. The first kappa shape index (κ1) is 21.9. The molecule has 1 saturated carbocycles. The summed E-state index contributed by atoms with van der Waals surface area (Å²) in [5.41, 5.74) is 6.63. The third-order valence-electron chi connectivity index (χ3n) is 5.93. The topological polar surface area (TPSA) is 131 Å². The van der Waals surface area contributed by atoms with Crippen LogP contribution in [0.2, 0.25) is 0 Å². The number of nitrogens with one attached hydrogen (secondary N) is 1. The van der Waals surface area contributed by atoms with Crippen molar-refractivity contribution in [3.05, 3.63) is 41.5 Å². The Kier molecular flexibility index (Phi) is 6.40.